The van der Waals surface area contributed by atoms with Gasteiger partial charge in [0.05, 0.1) is 7.11 Å². The lowest BCUT2D eigenvalue weighted by atomic mass is 10.2. The smallest absolute Gasteiger partial charge is 0.265 e. The number of amides is 1. The van der Waals surface area contributed by atoms with Crippen molar-refractivity contribution in [3.8, 4) is 16.2 Å². The molecule has 4 nitrogen and oxygen atoms in total. The van der Waals surface area contributed by atoms with Gasteiger partial charge in [0.2, 0.25) is 0 Å². The van der Waals surface area contributed by atoms with Crippen LogP contribution in [0.1, 0.15) is 23.0 Å². The van der Waals surface area contributed by atoms with E-state index in [1.165, 1.54) is 11.3 Å². The Labute approximate surface area is 141 Å². The molecular weight excluding hydrogens is 320 g/mol. The summed E-state index contributed by atoms with van der Waals surface area (Å²) >= 11 is 1.44. The number of benzene rings is 1. The highest BCUT2D eigenvalue weighted by Gasteiger charge is 2.17. The summed E-state index contributed by atoms with van der Waals surface area (Å²) in [6.07, 6.45) is 0.755. The first-order chi connectivity index (χ1) is 10.1. The maximum absolute atomic E-state index is 12.2. The summed E-state index contributed by atoms with van der Waals surface area (Å²) in [7, 11) is 1.58. The van der Waals surface area contributed by atoms with Crippen LogP contribution in [-0.2, 0) is 0 Å². The minimum absolute atomic E-state index is 0. The van der Waals surface area contributed by atoms with Gasteiger partial charge < -0.3 is 15.8 Å². The SMILES string of the molecule is COc1cc(-c2ccccc2)sc1C(=O)NCCC(C)N.Cl. The van der Waals surface area contributed by atoms with E-state index in [0.29, 0.717) is 17.2 Å². The van der Waals surface area contributed by atoms with E-state index in [1.807, 2.05) is 43.3 Å². The van der Waals surface area contributed by atoms with Crippen LogP contribution in [0.4, 0.5) is 0 Å². The van der Waals surface area contributed by atoms with Gasteiger partial charge in [-0.2, -0.15) is 0 Å². The van der Waals surface area contributed by atoms with Crippen LogP contribution >= 0.6 is 23.7 Å². The van der Waals surface area contributed by atoms with E-state index in [-0.39, 0.29) is 24.4 Å². The molecule has 22 heavy (non-hydrogen) atoms. The molecule has 6 heteroatoms. The molecule has 1 amide bonds. The van der Waals surface area contributed by atoms with E-state index in [0.717, 1.165) is 16.9 Å². The Hall–Kier alpha value is -1.56. The zero-order chi connectivity index (χ0) is 15.2. The van der Waals surface area contributed by atoms with Gasteiger partial charge in [-0.15, -0.1) is 23.7 Å². The Bertz CT molecular complexity index is 599. The molecule has 2 rings (SSSR count). The van der Waals surface area contributed by atoms with Gasteiger partial charge >= 0.3 is 0 Å². The van der Waals surface area contributed by atoms with Crippen molar-refractivity contribution in [1.29, 1.82) is 0 Å². The number of rotatable bonds is 6. The van der Waals surface area contributed by atoms with Gasteiger partial charge in [0.25, 0.3) is 5.91 Å². The first-order valence-electron chi connectivity index (χ1n) is 6.89. The average Bonchev–Trinajstić information content (AvgIpc) is 2.92. The summed E-state index contributed by atoms with van der Waals surface area (Å²) in [6, 6.07) is 11.9. The van der Waals surface area contributed by atoms with Crippen molar-refractivity contribution < 1.29 is 9.53 Å². The number of hydrogen-bond acceptors (Lipinski definition) is 4. The molecule has 0 saturated heterocycles. The quantitative estimate of drug-likeness (QED) is 0.847. The summed E-state index contributed by atoms with van der Waals surface area (Å²) in [6.45, 7) is 2.49. The minimum Gasteiger partial charge on any atom is -0.495 e. The monoisotopic (exact) mass is 340 g/mol. The van der Waals surface area contributed by atoms with Crippen molar-refractivity contribution in [2.75, 3.05) is 13.7 Å². The summed E-state index contributed by atoms with van der Waals surface area (Å²) in [5.74, 6) is 0.497. The predicted molar refractivity (Wildman–Crippen MR) is 94.2 cm³/mol. The highest BCUT2D eigenvalue weighted by atomic mass is 35.5. The van der Waals surface area contributed by atoms with E-state index in [4.69, 9.17) is 10.5 Å². The maximum Gasteiger partial charge on any atom is 0.265 e. The molecule has 2 aromatic rings. The van der Waals surface area contributed by atoms with Gasteiger partial charge in [-0.1, -0.05) is 30.3 Å². The lowest BCUT2D eigenvalue weighted by Crippen LogP contribution is -2.28. The number of hydrogen-bond donors (Lipinski definition) is 2. The third-order valence-electron chi connectivity index (χ3n) is 3.07. The first-order valence-corrected chi connectivity index (χ1v) is 7.70. The highest BCUT2D eigenvalue weighted by molar-refractivity contribution is 7.17. The van der Waals surface area contributed by atoms with Gasteiger partial charge in [0, 0.05) is 17.5 Å². The maximum atomic E-state index is 12.2. The van der Waals surface area contributed by atoms with Crippen LogP contribution in [0, 0.1) is 0 Å². The van der Waals surface area contributed by atoms with Crippen LogP contribution in [-0.4, -0.2) is 25.6 Å². The number of nitrogens with two attached hydrogens (primary N) is 1. The molecule has 3 N–H and O–H groups in total. The Balaban J connectivity index is 0.00000242. The Morgan fingerprint density at radius 2 is 2.05 bits per heavy atom. The number of nitrogens with one attached hydrogen (secondary N) is 1. The third kappa shape index (κ3) is 4.73. The lowest BCUT2D eigenvalue weighted by molar-refractivity contribution is 0.0954. The van der Waals surface area contributed by atoms with E-state index in [2.05, 4.69) is 5.32 Å². The second kappa shape index (κ2) is 8.78. The second-order valence-corrected chi connectivity index (χ2v) is 5.95. The molecule has 0 bridgehead atoms. The molecule has 0 saturated carbocycles. The minimum atomic E-state index is -0.111. The van der Waals surface area contributed by atoms with Gasteiger partial charge in [-0.05, 0) is 25.0 Å². The molecule has 0 radical (unpaired) electrons. The number of thiophene rings is 1. The predicted octanol–water partition coefficient (Wildman–Crippen LogP) is 3.31. The summed E-state index contributed by atoms with van der Waals surface area (Å²) in [5, 5.41) is 2.88. The Morgan fingerprint density at radius 3 is 2.64 bits per heavy atom. The molecular formula is C16H21ClN2O2S. The normalized spacial score (nSPS) is 11.4. The van der Waals surface area contributed by atoms with Crippen molar-refractivity contribution in [2.45, 2.75) is 19.4 Å². The van der Waals surface area contributed by atoms with Gasteiger partial charge in [0.1, 0.15) is 10.6 Å². The molecule has 0 spiro atoms. The zero-order valence-electron chi connectivity index (χ0n) is 12.7. The van der Waals surface area contributed by atoms with Crippen molar-refractivity contribution in [1.82, 2.24) is 5.32 Å². The van der Waals surface area contributed by atoms with Crippen molar-refractivity contribution in [2.24, 2.45) is 5.73 Å². The number of carbonyl (C=O) groups excluding carboxylic acids is 1. The Morgan fingerprint density at radius 1 is 1.36 bits per heavy atom. The molecule has 1 aromatic carbocycles. The number of carbonyl (C=O) groups is 1. The van der Waals surface area contributed by atoms with Crippen molar-refractivity contribution >= 4 is 29.7 Å². The molecule has 1 atom stereocenters. The van der Waals surface area contributed by atoms with Crippen LogP contribution in [0.15, 0.2) is 36.4 Å². The van der Waals surface area contributed by atoms with E-state index >= 15 is 0 Å². The summed E-state index contributed by atoms with van der Waals surface area (Å²) in [5.41, 5.74) is 6.76. The van der Waals surface area contributed by atoms with E-state index in [9.17, 15) is 4.79 Å². The third-order valence-corrected chi connectivity index (χ3v) is 4.23. The van der Waals surface area contributed by atoms with Crippen molar-refractivity contribution in [3.05, 3.63) is 41.3 Å². The van der Waals surface area contributed by atoms with Crippen molar-refractivity contribution in [3.63, 3.8) is 0 Å². The van der Waals surface area contributed by atoms with Crippen LogP contribution in [0.2, 0.25) is 0 Å². The fourth-order valence-corrected chi connectivity index (χ4v) is 2.97. The molecule has 1 aromatic heterocycles. The van der Waals surface area contributed by atoms with E-state index in [1.54, 1.807) is 7.11 Å². The number of ether oxygens (including phenoxy) is 1. The fourth-order valence-electron chi connectivity index (χ4n) is 1.92. The molecule has 0 aliphatic heterocycles. The molecule has 0 aliphatic rings. The molecule has 0 fully saturated rings. The average molecular weight is 341 g/mol. The first kappa shape index (κ1) is 18.5. The fraction of sp³-hybridized carbons (Fsp3) is 0.312. The van der Waals surface area contributed by atoms with Crippen LogP contribution < -0.4 is 15.8 Å². The molecule has 1 unspecified atom stereocenters. The molecule has 1 heterocycles. The molecule has 120 valence electrons. The topological polar surface area (TPSA) is 64.3 Å². The highest BCUT2D eigenvalue weighted by Crippen LogP contribution is 2.36. The van der Waals surface area contributed by atoms with Crippen LogP contribution in [0.5, 0.6) is 5.75 Å². The largest absolute Gasteiger partial charge is 0.495 e. The van der Waals surface area contributed by atoms with Gasteiger partial charge in [0.15, 0.2) is 0 Å². The summed E-state index contributed by atoms with van der Waals surface area (Å²) < 4.78 is 5.32. The van der Waals surface area contributed by atoms with Gasteiger partial charge in [-0.25, -0.2) is 0 Å². The molecule has 0 aliphatic carbocycles. The van der Waals surface area contributed by atoms with Crippen LogP contribution in [0.25, 0.3) is 10.4 Å². The summed E-state index contributed by atoms with van der Waals surface area (Å²) in [4.78, 5) is 13.8. The second-order valence-electron chi connectivity index (χ2n) is 4.90. The standard InChI is InChI=1S/C16H20N2O2S.ClH/c1-11(17)8-9-18-16(19)15-13(20-2)10-14(21-15)12-6-4-3-5-7-12;/h3-7,10-11H,8-9,17H2,1-2H3,(H,18,19);1H. The van der Waals surface area contributed by atoms with Gasteiger partial charge in [-0.3, -0.25) is 4.79 Å². The Kier molecular flexibility index (Phi) is 7.38. The zero-order valence-corrected chi connectivity index (χ0v) is 14.3. The van der Waals surface area contributed by atoms with E-state index < -0.39 is 0 Å². The number of methoxy groups -OCH3 is 1. The van der Waals surface area contributed by atoms with Crippen LogP contribution in [0.3, 0.4) is 0 Å². The number of halogens is 1. The lowest BCUT2D eigenvalue weighted by Gasteiger charge is -2.07.